The third-order valence-corrected chi connectivity index (χ3v) is 1.90. The van der Waals surface area contributed by atoms with E-state index in [9.17, 15) is 4.79 Å². The number of nitrogens with zero attached hydrogens (tertiary/aromatic N) is 2. The van der Waals surface area contributed by atoms with Crippen LogP contribution in [0.15, 0.2) is 4.52 Å². The highest BCUT2D eigenvalue weighted by Gasteiger charge is 2.28. The Balaban J connectivity index is 2.90. The lowest BCUT2D eigenvalue weighted by Crippen LogP contribution is -2.33. The van der Waals surface area contributed by atoms with Crippen LogP contribution in [-0.2, 0) is 5.54 Å². The van der Waals surface area contributed by atoms with E-state index >= 15 is 0 Å². The fourth-order valence-corrected chi connectivity index (χ4v) is 1.18. The van der Waals surface area contributed by atoms with Gasteiger partial charge in [-0.2, -0.15) is 4.98 Å². The van der Waals surface area contributed by atoms with Gasteiger partial charge in [0.25, 0.3) is 11.7 Å². The van der Waals surface area contributed by atoms with Gasteiger partial charge in [-0.3, -0.25) is 4.79 Å². The minimum absolute atomic E-state index is 0.132. The van der Waals surface area contributed by atoms with Crippen LogP contribution in [0.4, 0.5) is 0 Å². The monoisotopic (exact) mass is 198 g/mol. The molecule has 1 rings (SSSR count). The highest BCUT2D eigenvalue weighted by atomic mass is 16.5. The van der Waals surface area contributed by atoms with Crippen LogP contribution in [-0.4, -0.2) is 16.0 Å². The Morgan fingerprint density at radius 3 is 2.71 bits per heavy atom. The van der Waals surface area contributed by atoms with Crippen molar-refractivity contribution in [3.05, 3.63) is 11.7 Å². The van der Waals surface area contributed by atoms with Crippen LogP contribution in [0.1, 0.15) is 43.2 Å². The molecule has 0 aromatic carbocycles. The zero-order valence-corrected chi connectivity index (χ0v) is 8.28. The smallest absolute Gasteiger partial charge is 0.290 e. The van der Waals surface area contributed by atoms with E-state index < -0.39 is 11.4 Å². The Hall–Kier alpha value is -1.43. The van der Waals surface area contributed by atoms with Gasteiger partial charge in [0.2, 0.25) is 5.89 Å². The van der Waals surface area contributed by atoms with Gasteiger partial charge in [0, 0.05) is 0 Å². The number of hydrogen-bond donors (Lipinski definition) is 2. The van der Waals surface area contributed by atoms with Crippen LogP contribution in [0, 0.1) is 0 Å². The molecule has 0 radical (unpaired) electrons. The van der Waals surface area contributed by atoms with E-state index in [0.29, 0.717) is 6.42 Å². The Kier molecular flexibility index (Phi) is 2.85. The average molecular weight is 198 g/mol. The molecule has 14 heavy (non-hydrogen) atoms. The fourth-order valence-electron chi connectivity index (χ4n) is 1.18. The first kappa shape index (κ1) is 10.6. The predicted molar refractivity (Wildman–Crippen MR) is 49.3 cm³/mol. The predicted octanol–water partition coefficient (Wildman–Crippen LogP) is 0.143. The summed E-state index contributed by atoms with van der Waals surface area (Å²) in [6, 6.07) is 0. The molecule has 1 aromatic heterocycles. The minimum Gasteiger partial charge on any atom is -0.363 e. The fraction of sp³-hybridized carbons (Fsp3) is 0.625. The second kappa shape index (κ2) is 3.75. The van der Waals surface area contributed by atoms with Gasteiger partial charge in [-0.05, 0) is 13.3 Å². The van der Waals surface area contributed by atoms with E-state index in [2.05, 4.69) is 10.1 Å². The van der Waals surface area contributed by atoms with Crippen LogP contribution < -0.4 is 11.5 Å². The van der Waals surface area contributed by atoms with Gasteiger partial charge in [0.15, 0.2) is 0 Å². The van der Waals surface area contributed by atoms with Crippen LogP contribution in [0.5, 0.6) is 0 Å². The Morgan fingerprint density at radius 1 is 1.64 bits per heavy atom. The highest BCUT2D eigenvalue weighted by Crippen LogP contribution is 2.20. The van der Waals surface area contributed by atoms with Crippen molar-refractivity contribution in [1.29, 1.82) is 0 Å². The van der Waals surface area contributed by atoms with Crippen molar-refractivity contribution in [2.45, 2.75) is 32.2 Å². The third-order valence-electron chi connectivity index (χ3n) is 1.90. The zero-order valence-electron chi connectivity index (χ0n) is 8.28. The minimum atomic E-state index is -0.715. The summed E-state index contributed by atoms with van der Waals surface area (Å²) in [7, 11) is 0. The molecule has 1 heterocycles. The standard InChI is InChI=1S/C8H14N4O2/c1-3-4-8(2,10)7-11-6(5(9)13)12-14-7/h3-4,10H2,1-2H3,(H2,9,13). The van der Waals surface area contributed by atoms with Crippen LogP contribution in [0.25, 0.3) is 0 Å². The van der Waals surface area contributed by atoms with E-state index in [1.807, 2.05) is 6.92 Å². The molecular weight excluding hydrogens is 184 g/mol. The Morgan fingerprint density at radius 2 is 2.29 bits per heavy atom. The first-order chi connectivity index (χ1) is 6.47. The topological polar surface area (TPSA) is 108 Å². The maximum Gasteiger partial charge on any atom is 0.290 e. The average Bonchev–Trinajstić information content (AvgIpc) is 2.51. The molecule has 1 atom stereocenters. The Labute approximate surface area is 81.6 Å². The molecule has 0 fully saturated rings. The van der Waals surface area contributed by atoms with Crippen molar-refractivity contribution in [2.75, 3.05) is 0 Å². The number of primary amides is 1. The number of amides is 1. The second-order valence-corrected chi connectivity index (χ2v) is 3.45. The molecule has 1 unspecified atom stereocenters. The molecule has 6 nitrogen and oxygen atoms in total. The third kappa shape index (κ3) is 2.08. The molecule has 0 spiro atoms. The summed E-state index contributed by atoms with van der Waals surface area (Å²) in [6.07, 6.45) is 1.59. The molecule has 0 aliphatic rings. The van der Waals surface area contributed by atoms with Gasteiger partial charge in [-0.1, -0.05) is 18.5 Å². The van der Waals surface area contributed by atoms with E-state index in [0.717, 1.165) is 6.42 Å². The van der Waals surface area contributed by atoms with E-state index in [1.54, 1.807) is 6.92 Å². The van der Waals surface area contributed by atoms with Gasteiger partial charge < -0.3 is 16.0 Å². The number of carbonyl (C=O) groups excluding carboxylic acids is 1. The SMILES string of the molecule is CCCC(C)(N)c1nc(C(N)=O)no1. The quantitative estimate of drug-likeness (QED) is 0.715. The summed E-state index contributed by atoms with van der Waals surface area (Å²) in [4.78, 5) is 14.5. The highest BCUT2D eigenvalue weighted by molar-refractivity contribution is 5.88. The van der Waals surface area contributed by atoms with Crippen LogP contribution in [0.3, 0.4) is 0 Å². The summed E-state index contributed by atoms with van der Waals surface area (Å²) >= 11 is 0. The molecule has 78 valence electrons. The summed E-state index contributed by atoms with van der Waals surface area (Å²) in [5.41, 5.74) is 10.2. The van der Waals surface area contributed by atoms with E-state index in [-0.39, 0.29) is 11.7 Å². The van der Waals surface area contributed by atoms with Crippen molar-refractivity contribution in [3.8, 4) is 0 Å². The van der Waals surface area contributed by atoms with Crippen molar-refractivity contribution in [3.63, 3.8) is 0 Å². The first-order valence-corrected chi connectivity index (χ1v) is 4.40. The second-order valence-electron chi connectivity index (χ2n) is 3.45. The first-order valence-electron chi connectivity index (χ1n) is 4.40. The molecular formula is C8H14N4O2. The number of rotatable bonds is 4. The molecule has 6 heteroatoms. The largest absolute Gasteiger partial charge is 0.363 e. The maximum absolute atomic E-state index is 10.7. The molecule has 0 aliphatic carbocycles. The lowest BCUT2D eigenvalue weighted by molar-refractivity contribution is 0.0987. The Bertz CT molecular complexity index is 332. The number of hydrogen-bond acceptors (Lipinski definition) is 5. The summed E-state index contributed by atoms with van der Waals surface area (Å²) < 4.78 is 4.86. The van der Waals surface area contributed by atoms with Crippen LogP contribution in [0.2, 0.25) is 0 Å². The molecule has 0 saturated carbocycles. The number of carbonyl (C=O) groups is 1. The van der Waals surface area contributed by atoms with E-state index in [4.69, 9.17) is 16.0 Å². The van der Waals surface area contributed by atoms with Crippen molar-refractivity contribution in [1.82, 2.24) is 10.1 Å². The van der Waals surface area contributed by atoms with Gasteiger partial charge in [0.05, 0.1) is 5.54 Å². The number of aromatic nitrogens is 2. The van der Waals surface area contributed by atoms with Crippen molar-refractivity contribution >= 4 is 5.91 Å². The molecule has 0 saturated heterocycles. The zero-order chi connectivity index (χ0) is 10.8. The lowest BCUT2D eigenvalue weighted by Gasteiger charge is -2.17. The van der Waals surface area contributed by atoms with Crippen molar-refractivity contribution < 1.29 is 9.32 Å². The normalized spacial score (nSPS) is 15.1. The number of nitrogens with two attached hydrogens (primary N) is 2. The maximum atomic E-state index is 10.7. The van der Waals surface area contributed by atoms with Crippen LogP contribution >= 0.6 is 0 Å². The van der Waals surface area contributed by atoms with Gasteiger partial charge in [0.1, 0.15) is 0 Å². The van der Waals surface area contributed by atoms with Gasteiger partial charge in [-0.25, -0.2) is 0 Å². The lowest BCUT2D eigenvalue weighted by atomic mass is 9.98. The molecule has 0 bridgehead atoms. The van der Waals surface area contributed by atoms with Crippen molar-refractivity contribution in [2.24, 2.45) is 11.5 Å². The van der Waals surface area contributed by atoms with Gasteiger partial charge >= 0.3 is 0 Å². The molecule has 1 aromatic rings. The summed E-state index contributed by atoms with van der Waals surface area (Å²) in [5, 5.41) is 3.42. The molecule has 4 N–H and O–H groups in total. The molecule has 1 amide bonds. The summed E-state index contributed by atoms with van der Waals surface area (Å²) in [6.45, 7) is 3.77. The van der Waals surface area contributed by atoms with Gasteiger partial charge in [-0.15, -0.1) is 0 Å². The van der Waals surface area contributed by atoms with E-state index in [1.165, 1.54) is 0 Å². The summed E-state index contributed by atoms with van der Waals surface area (Å²) in [5.74, 6) is -0.603. The molecule has 0 aliphatic heterocycles.